The highest BCUT2D eigenvalue weighted by Gasteiger charge is 2.18. The Bertz CT molecular complexity index is 963. The zero-order valence-corrected chi connectivity index (χ0v) is 15.5. The van der Waals surface area contributed by atoms with E-state index in [-0.39, 0.29) is 5.91 Å². The molecule has 0 spiro atoms. The van der Waals surface area contributed by atoms with Crippen LogP contribution in [0.1, 0.15) is 9.67 Å². The van der Waals surface area contributed by atoms with Gasteiger partial charge in [-0.1, -0.05) is 22.9 Å². The number of benzene rings is 2. The first-order chi connectivity index (χ1) is 12.0. The predicted molar refractivity (Wildman–Crippen MR) is 105 cm³/mol. The van der Waals surface area contributed by atoms with Crippen molar-refractivity contribution in [3.63, 3.8) is 0 Å². The summed E-state index contributed by atoms with van der Waals surface area (Å²) in [5, 5.41) is 3.39. The maximum atomic E-state index is 12.5. The van der Waals surface area contributed by atoms with E-state index < -0.39 is 0 Å². The summed E-state index contributed by atoms with van der Waals surface area (Å²) in [7, 11) is 1.60. The highest BCUT2D eigenvalue weighted by molar-refractivity contribution is 7.73. The van der Waals surface area contributed by atoms with Crippen LogP contribution in [0.15, 0.2) is 48.5 Å². The van der Waals surface area contributed by atoms with E-state index in [1.807, 2.05) is 24.3 Å². The molecule has 1 aromatic heterocycles. The molecule has 3 rings (SSSR count). The second kappa shape index (κ2) is 7.26. The molecule has 3 aromatic rings. The molecule has 8 heteroatoms. The van der Waals surface area contributed by atoms with Crippen molar-refractivity contribution in [3.05, 3.63) is 62.4 Å². The molecule has 0 bridgehead atoms. The minimum absolute atomic E-state index is 0.298. The van der Waals surface area contributed by atoms with Gasteiger partial charge in [-0.2, -0.15) is 0 Å². The average molecular weight is 392 g/mol. The monoisotopic (exact) mass is 391 g/mol. The minimum atomic E-state index is -0.316. The van der Waals surface area contributed by atoms with Gasteiger partial charge in [-0.15, -0.1) is 0 Å². The maximum Gasteiger partial charge on any atom is 0.269 e. The summed E-state index contributed by atoms with van der Waals surface area (Å²) in [5.74, 6) is 0.708. The van der Waals surface area contributed by atoms with Crippen LogP contribution in [-0.2, 0) is 0 Å². The van der Waals surface area contributed by atoms with Crippen LogP contribution in [0.5, 0.6) is 5.75 Å². The van der Waals surface area contributed by atoms with E-state index in [4.69, 9.17) is 34.3 Å². The molecule has 0 fully saturated rings. The van der Waals surface area contributed by atoms with Crippen molar-refractivity contribution >= 4 is 52.6 Å². The Morgan fingerprint density at radius 3 is 2.44 bits per heavy atom. The Balaban J connectivity index is 1.91. The van der Waals surface area contributed by atoms with Gasteiger partial charge < -0.3 is 15.8 Å². The van der Waals surface area contributed by atoms with Gasteiger partial charge in [0.25, 0.3) is 5.91 Å². The topological polar surface area (TPSA) is 69.3 Å². The van der Waals surface area contributed by atoms with Crippen LogP contribution in [0, 0.1) is 3.95 Å². The van der Waals surface area contributed by atoms with Crippen LogP contribution in [0.25, 0.3) is 5.69 Å². The number of hydrogen-bond acceptors (Lipinski definition) is 5. The number of methoxy groups -OCH3 is 1. The molecule has 0 radical (unpaired) electrons. The number of aromatic nitrogens is 1. The third-order valence-electron chi connectivity index (χ3n) is 3.48. The van der Waals surface area contributed by atoms with Gasteiger partial charge in [0.15, 0.2) is 3.95 Å². The second-order valence-corrected chi connectivity index (χ2v) is 7.16. The van der Waals surface area contributed by atoms with E-state index >= 15 is 0 Å². The first-order valence-corrected chi connectivity index (χ1v) is 8.82. The lowest BCUT2D eigenvalue weighted by atomic mass is 10.3. The number of carbonyl (C=O) groups is 1. The number of nitrogens with one attached hydrogen (secondary N) is 1. The number of nitrogens with two attached hydrogens (primary N) is 1. The number of carbonyl (C=O) groups excluding carboxylic acids is 1. The van der Waals surface area contributed by atoms with E-state index in [1.165, 1.54) is 0 Å². The number of nitrogens with zero attached hydrogens (tertiary/aromatic N) is 1. The van der Waals surface area contributed by atoms with Crippen molar-refractivity contribution in [1.82, 2.24) is 4.57 Å². The molecule has 0 atom stereocenters. The summed E-state index contributed by atoms with van der Waals surface area (Å²) in [6, 6.07) is 14.1. The van der Waals surface area contributed by atoms with Crippen molar-refractivity contribution in [2.75, 3.05) is 18.2 Å². The highest BCUT2D eigenvalue weighted by atomic mass is 35.5. The van der Waals surface area contributed by atoms with Gasteiger partial charge >= 0.3 is 0 Å². The molecule has 0 saturated carbocycles. The standard InChI is InChI=1S/C17H14ClN3O2S2/c1-23-13-8-6-12(7-9-13)21-15(19)14(25-17(21)24)16(22)20-11-4-2-10(18)3-5-11/h2-9H,19H2,1H3,(H,20,22). The van der Waals surface area contributed by atoms with E-state index in [0.29, 0.717) is 25.4 Å². The number of amides is 1. The first-order valence-electron chi connectivity index (χ1n) is 7.22. The fourth-order valence-electron chi connectivity index (χ4n) is 2.24. The van der Waals surface area contributed by atoms with E-state index in [0.717, 1.165) is 22.8 Å². The Kier molecular flexibility index (Phi) is 5.08. The second-order valence-electron chi connectivity index (χ2n) is 5.08. The lowest BCUT2D eigenvalue weighted by molar-refractivity contribution is 0.103. The fraction of sp³-hybridized carbons (Fsp3) is 0.0588. The molecule has 3 N–H and O–H groups in total. The molecule has 25 heavy (non-hydrogen) atoms. The van der Waals surface area contributed by atoms with Crippen LogP contribution in [0.3, 0.4) is 0 Å². The molecule has 0 saturated heterocycles. The zero-order chi connectivity index (χ0) is 18.0. The molecular weight excluding hydrogens is 378 g/mol. The lowest BCUT2D eigenvalue weighted by Gasteiger charge is -2.08. The Morgan fingerprint density at radius 2 is 1.84 bits per heavy atom. The maximum absolute atomic E-state index is 12.5. The number of ether oxygens (including phenoxy) is 1. The Hall–Kier alpha value is -2.35. The molecule has 2 aromatic carbocycles. The van der Waals surface area contributed by atoms with E-state index in [1.54, 1.807) is 35.9 Å². The zero-order valence-electron chi connectivity index (χ0n) is 13.2. The molecule has 5 nitrogen and oxygen atoms in total. The normalized spacial score (nSPS) is 10.5. The van der Waals surface area contributed by atoms with Crippen molar-refractivity contribution in [2.45, 2.75) is 0 Å². The third-order valence-corrected chi connectivity index (χ3v) is 5.12. The average Bonchev–Trinajstić information content (AvgIpc) is 2.91. The largest absolute Gasteiger partial charge is 0.497 e. The SMILES string of the molecule is COc1ccc(-n2c(N)c(C(=O)Nc3ccc(Cl)cc3)sc2=S)cc1. The number of rotatable bonds is 4. The minimum Gasteiger partial charge on any atom is -0.497 e. The fourth-order valence-corrected chi connectivity index (χ4v) is 3.63. The van der Waals surface area contributed by atoms with Gasteiger partial charge in [0.2, 0.25) is 0 Å². The van der Waals surface area contributed by atoms with Gasteiger partial charge in [-0.25, -0.2) is 0 Å². The van der Waals surface area contributed by atoms with E-state index in [9.17, 15) is 4.79 Å². The van der Waals surface area contributed by atoms with Crippen LogP contribution < -0.4 is 15.8 Å². The van der Waals surface area contributed by atoms with Crippen molar-refractivity contribution < 1.29 is 9.53 Å². The van der Waals surface area contributed by atoms with Gasteiger partial charge in [0, 0.05) is 16.4 Å². The number of halogens is 1. The highest BCUT2D eigenvalue weighted by Crippen LogP contribution is 2.28. The van der Waals surface area contributed by atoms with Crippen LogP contribution in [0.2, 0.25) is 5.02 Å². The summed E-state index contributed by atoms with van der Waals surface area (Å²) in [6.45, 7) is 0. The molecular formula is C17H14ClN3O2S2. The molecule has 1 heterocycles. The first kappa shape index (κ1) is 17.5. The molecule has 128 valence electrons. The third kappa shape index (κ3) is 3.68. The quantitative estimate of drug-likeness (QED) is 0.629. The number of nitrogen functional groups attached to an aromatic ring is 1. The summed E-state index contributed by atoms with van der Waals surface area (Å²) in [4.78, 5) is 12.9. The predicted octanol–water partition coefficient (Wildman–Crippen LogP) is 4.76. The summed E-state index contributed by atoms with van der Waals surface area (Å²) >= 11 is 12.4. The molecule has 0 aliphatic carbocycles. The Morgan fingerprint density at radius 1 is 1.20 bits per heavy atom. The van der Waals surface area contributed by atoms with Crippen molar-refractivity contribution in [1.29, 1.82) is 0 Å². The molecule has 0 aliphatic rings. The summed E-state index contributed by atoms with van der Waals surface area (Å²) in [5.41, 5.74) is 7.58. The van der Waals surface area contributed by atoms with E-state index in [2.05, 4.69) is 5.32 Å². The van der Waals surface area contributed by atoms with Crippen LogP contribution in [0.4, 0.5) is 11.5 Å². The number of hydrogen-bond donors (Lipinski definition) is 2. The summed E-state index contributed by atoms with van der Waals surface area (Å²) < 4.78 is 7.30. The number of thiazole rings is 1. The van der Waals surface area contributed by atoms with Gasteiger partial charge in [0.05, 0.1) is 7.11 Å². The van der Waals surface area contributed by atoms with Crippen molar-refractivity contribution in [2.24, 2.45) is 0 Å². The lowest BCUT2D eigenvalue weighted by Crippen LogP contribution is -2.13. The van der Waals surface area contributed by atoms with Gasteiger partial charge in [-0.05, 0) is 60.7 Å². The molecule has 1 amide bonds. The Labute approximate surface area is 158 Å². The van der Waals surface area contributed by atoms with Crippen LogP contribution in [-0.4, -0.2) is 17.6 Å². The molecule has 0 aliphatic heterocycles. The van der Waals surface area contributed by atoms with Crippen LogP contribution >= 0.6 is 35.2 Å². The van der Waals surface area contributed by atoms with Gasteiger partial charge in [0.1, 0.15) is 16.4 Å². The smallest absolute Gasteiger partial charge is 0.269 e. The van der Waals surface area contributed by atoms with Crippen molar-refractivity contribution in [3.8, 4) is 11.4 Å². The number of anilines is 2. The molecule has 0 unspecified atom stereocenters. The summed E-state index contributed by atoms with van der Waals surface area (Å²) in [6.07, 6.45) is 0. The van der Waals surface area contributed by atoms with Gasteiger partial charge in [-0.3, -0.25) is 9.36 Å².